The molecule has 0 aromatic carbocycles. The van der Waals surface area contributed by atoms with Gasteiger partial charge in [-0.3, -0.25) is 9.88 Å². The molecule has 19 heavy (non-hydrogen) atoms. The number of nitrogens with one attached hydrogen (secondary N) is 1. The maximum absolute atomic E-state index is 5.36. The van der Waals surface area contributed by atoms with Gasteiger partial charge in [0.15, 0.2) is 0 Å². The molecule has 1 atom stereocenters. The second kappa shape index (κ2) is 7.58. The van der Waals surface area contributed by atoms with E-state index < -0.39 is 0 Å². The van der Waals surface area contributed by atoms with Crippen molar-refractivity contribution in [1.29, 1.82) is 0 Å². The number of aromatic nitrogens is 1. The van der Waals surface area contributed by atoms with Crippen LogP contribution in [-0.2, 0) is 11.3 Å². The van der Waals surface area contributed by atoms with Crippen molar-refractivity contribution in [1.82, 2.24) is 15.2 Å². The molecule has 0 amide bonds. The highest BCUT2D eigenvalue weighted by Gasteiger charge is 2.11. The fourth-order valence-electron chi connectivity index (χ4n) is 2.18. The highest BCUT2D eigenvalue weighted by atomic mass is 16.5. The fourth-order valence-corrected chi connectivity index (χ4v) is 2.18. The number of ether oxygens (including phenoxy) is 1. The number of morpholine rings is 1. The highest BCUT2D eigenvalue weighted by molar-refractivity contribution is 5.11. The molecule has 106 valence electrons. The minimum atomic E-state index is 0.519. The minimum Gasteiger partial charge on any atom is -0.379 e. The molecule has 0 unspecified atom stereocenters. The van der Waals surface area contributed by atoms with Gasteiger partial charge in [-0.25, -0.2) is 0 Å². The van der Waals surface area contributed by atoms with Gasteiger partial charge in [0.2, 0.25) is 0 Å². The maximum Gasteiger partial charge on any atom is 0.0594 e. The van der Waals surface area contributed by atoms with Gasteiger partial charge in [-0.1, -0.05) is 6.07 Å². The molecular weight excluding hydrogens is 238 g/mol. The molecule has 1 aliphatic rings. The van der Waals surface area contributed by atoms with E-state index in [0.29, 0.717) is 6.04 Å². The van der Waals surface area contributed by atoms with Crippen LogP contribution in [0.15, 0.2) is 18.3 Å². The second-order valence-electron chi connectivity index (χ2n) is 5.35. The van der Waals surface area contributed by atoms with E-state index in [1.54, 1.807) is 0 Å². The molecule has 0 spiro atoms. The van der Waals surface area contributed by atoms with Crippen molar-refractivity contribution in [2.75, 3.05) is 32.8 Å². The van der Waals surface area contributed by atoms with Crippen LogP contribution in [0.2, 0.25) is 0 Å². The van der Waals surface area contributed by atoms with Crippen LogP contribution in [0, 0.1) is 6.92 Å². The number of aryl methyl sites for hydroxylation is 1. The summed E-state index contributed by atoms with van der Waals surface area (Å²) in [5.74, 6) is 0. The average molecular weight is 263 g/mol. The first-order valence-electron chi connectivity index (χ1n) is 7.19. The van der Waals surface area contributed by atoms with E-state index in [1.165, 1.54) is 12.0 Å². The van der Waals surface area contributed by atoms with Crippen LogP contribution in [0.1, 0.15) is 24.6 Å². The second-order valence-corrected chi connectivity index (χ2v) is 5.35. The maximum atomic E-state index is 5.36. The molecule has 4 nitrogen and oxygen atoms in total. The van der Waals surface area contributed by atoms with Crippen LogP contribution < -0.4 is 5.32 Å². The van der Waals surface area contributed by atoms with E-state index in [2.05, 4.69) is 41.2 Å². The summed E-state index contributed by atoms with van der Waals surface area (Å²) in [6.45, 7) is 10.2. The summed E-state index contributed by atoms with van der Waals surface area (Å²) in [7, 11) is 0. The topological polar surface area (TPSA) is 37.4 Å². The summed E-state index contributed by atoms with van der Waals surface area (Å²) in [6.07, 6.45) is 3.10. The van der Waals surface area contributed by atoms with Crippen molar-refractivity contribution < 1.29 is 4.74 Å². The zero-order chi connectivity index (χ0) is 13.5. The Kier molecular flexibility index (Phi) is 5.76. The van der Waals surface area contributed by atoms with Crippen LogP contribution in [0.3, 0.4) is 0 Å². The number of rotatable bonds is 6. The molecule has 0 saturated carbocycles. The van der Waals surface area contributed by atoms with Gasteiger partial charge in [-0.15, -0.1) is 0 Å². The van der Waals surface area contributed by atoms with E-state index in [1.807, 2.05) is 6.20 Å². The van der Waals surface area contributed by atoms with Gasteiger partial charge in [0.1, 0.15) is 0 Å². The number of nitrogens with zero attached hydrogens (tertiary/aromatic N) is 2. The molecule has 2 rings (SSSR count). The Bertz CT molecular complexity index is 360. The predicted molar refractivity (Wildman–Crippen MR) is 77.2 cm³/mol. The first-order chi connectivity index (χ1) is 9.24. The lowest BCUT2D eigenvalue weighted by Crippen LogP contribution is -2.39. The lowest BCUT2D eigenvalue weighted by Gasteiger charge is -2.27. The molecule has 2 heterocycles. The smallest absolute Gasteiger partial charge is 0.0594 e. The fraction of sp³-hybridized carbons (Fsp3) is 0.667. The summed E-state index contributed by atoms with van der Waals surface area (Å²) < 4.78 is 5.36. The Morgan fingerprint density at radius 1 is 1.37 bits per heavy atom. The van der Waals surface area contributed by atoms with E-state index in [0.717, 1.165) is 45.1 Å². The molecular formula is C15H25N3O. The van der Waals surface area contributed by atoms with Crippen LogP contribution in [0.4, 0.5) is 0 Å². The third-order valence-corrected chi connectivity index (χ3v) is 3.59. The predicted octanol–water partition coefficient (Wildman–Crippen LogP) is 1.59. The Balaban J connectivity index is 1.63. The number of hydrogen-bond donors (Lipinski definition) is 1. The van der Waals surface area contributed by atoms with Gasteiger partial charge in [0.05, 0.1) is 18.9 Å². The summed E-state index contributed by atoms with van der Waals surface area (Å²) in [5.41, 5.74) is 2.33. The Morgan fingerprint density at radius 3 is 2.84 bits per heavy atom. The molecule has 0 bridgehead atoms. The lowest BCUT2D eigenvalue weighted by molar-refractivity contribution is 0.0363. The zero-order valence-corrected chi connectivity index (χ0v) is 12.1. The summed E-state index contributed by atoms with van der Waals surface area (Å²) in [4.78, 5) is 6.89. The third-order valence-electron chi connectivity index (χ3n) is 3.59. The van der Waals surface area contributed by atoms with Gasteiger partial charge in [-0.2, -0.15) is 0 Å². The molecule has 1 saturated heterocycles. The van der Waals surface area contributed by atoms with Crippen LogP contribution in [0.25, 0.3) is 0 Å². The first-order valence-corrected chi connectivity index (χ1v) is 7.19. The normalized spacial score (nSPS) is 18.4. The Morgan fingerprint density at radius 2 is 2.16 bits per heavy atom. The Labute approximate surface area is 116 Å². The molecule has 0 radical (unpaired) electrons. The molecule has 1 aromatic heterocycles. The summed E-state index contributed by atoms with van der Waals surface area (Å²) in [6, 6.07) is 4.73. The zero-order valence-electron chi connectivity index (χ0n) is 12.1. The quantitative estimate of drug-likeness (QED) is 0.846. The van der Waals surface area contributed by atoms with Crippen molar-refractivity contribution in [3.05, 3.63) is 29.6 Å². The van der Waals surface area contributed by atoms with E-state index in [4.69, 9.17) is 4.74 Å². The average Bonchev–Trinajstić information content (AvgIpc) is 2.45. The van der Waals surface area contributed by atoms with E-state index in [9.17, 15) is 0 Å². The van der Waals surface area contributed by atoms with Gasteiger partial charge >= 0.3 is 0 Å². The van der Waals surface area contributed by atoms with Gasteiger partial charge < -0.3 is 10.1 Å². The number of hydrogen-bond acceptors (Lipinski definition) is 4. The van der Waals surface area contributed by atoms with Gasteiger partial charge in [0, 0.05) is 31.9 Å². The molecule has 1 N–H and O–H groups in total. The minimum absolute atomic E-state index is 0.519. The molecule has 0 aliphatic carbocycles. The van der Waals surface area contributed by atoms with Gasteiger partial charge in [0.25, 0.3) is 0 Å². The Hall–Kier alpha value is -0.970. The standard InChI is InChI=1S/C15H25N3O/c1-13-3-4-15(17-11-13)12-16-14(2)5-6-18-7-9-19-10-8-18/h3-4,11,14,16H,5-10,12H2,1-2H3/t14-/m0/s1. The van der Waals surface area contributed by atoms with Crippen molar-refractivity contribution in [2.24, 2.45) is 0 Å². The SMILES string of the molecule is Cc1ccc(CN[C@@H](C)CCN2CCOCC2)nc1. The molecule has 1 aliphatic heterocycles. The molecule has 1 fully saturated rings. The summed E-state index contributed by atoms with van der Waals surface area (Å²) in [5, 5.41) is 3.54. The summed E-state index contributed by atoms with van der Waals surface area (Å²) >= 11 is 0. The molecule has 4 heteroatoms. The third kappa shape index (κ3) is 5.27. The van der Waals surface area contributed by atoms with Crippen molar-refractivity contribution in [3.63, 3.8) is 0 Å². The van der Waals surface area contributed by atoms with E-state index in [-0.39, 0.29) is 0 Å². The lowest BCUT2D eigenvalue weighted by atomic mass is 10.2. The van der Waals surface area contributed by atoms with Crippen LogP contribution >= 0.6 is 0 Å². The van der Waals surface area contributed by atoms with Crippen LogP contribution in [0.5, 0.6) is 0 Å². The molecule has 1 aromatic rings. The van der Waals surface area contributed by atoms with Crippen LogP contribution in [-0.4, -0.2) is 48.8 Å². The highest BCUT2D eigenvalue weighted by Crippen LogP contribution is 2.02. The van der Waals surface area contributed by atoms with E-state index >= 15 is 0 Å². The van der Waals surface area contributed by atoms with Crippen molar-refractivity contribution in [2.45, 2.75) is 32.9 Å². The first kappa shape index (κ1) is 14.4. The van der Waals surface area contributed by atoms with Crippen molar-refractivity contribution in [3.8, 4) is 0 Å². The van der Waals surface area contributed by atoms with Crippen molar-refractivity contribution >= 4 is 0 Å². The van der Waals surface area contributed by atoms with Gasteiger partial charge in [-0.05, 0) is 38.4 Å². The monoisotopic (exact) mass is 263 g/mol. The largest absolute Gasteiger partial charge is 0.379 e. The number of pyridine rings is 1.